The summed E-state index contributed by atoms with van der Waals surface area (Å²) in [5.41, 5.74) is 0.903. The van der Waals surface area contributed by atoms with Gasteiger partial charge in [-0.15, -0.1) is 11.3 Å². The van der Waals surface area contributed by atoms with Crippen LogP contribution in [0.1, 0.15) is 39.7 Å². The third-order valence-electron chi connectivity index (χ3n) is 5.25. The van der Waals surface area contributed by atoms with Crippen LogP contribution in [0.15, 0.2) is 64.9 Å². The first kappa shape index (κ1) is 20.6. The highest BCUT2D eigenvalue weighted by atomic mass is 32.2. The smallest absolute Gasteiger partial charge is 0.262 e. The summed E-state index contributed by atoms with van der Waals surface area (Å²) in [7, 11) is -4.05. The van der Waals surface area contributed by atoms with Crippen LogP contribution in [0.25, 0.3) is 0 Å². The van der Waals surface area contributed by atoms with E-state index in [-0.39, 0.29) is 22.5 Å². The summed E-state index contributed by atoms with van der Waals surface area (Å²) < 4.78 is 41.8. The summed E-state index contributed by atoms with van der Waals surface area (Å²) in [5.74, 6) is -0.855. The summed E-state index contributed by atoms with van der Waals surface area (Å²) in [6, 6.07) is 14.0. The maximum absolute atomic E-state index is 13.9. The fourth-order valence-electron chi connectivity index (χ4n) is 3.69. The minimum atomic E-state index is -4.05. The molecule has 0 radical (unpaired) electrons. The number of nitrogens with zero attached hydrogens (tertiary/aromatic N) is 1. The minimum absolute atomic E-state index is 0.00806. The Kier molecular flexibility index (Phi) is 5.62. The Labute approximate surface area is 179 Å². The number of halogens is 1. The molecule has 8 heteroatoms. The highest BCUT2D eigenvalue weighted by molar-refractivity contribution is 7.92. The van der Waals surface area contributed by atoms with E-state index in [1.807, 2.05) is 22.4 Å². The monoisotopic (exact) mass is 444 g/mol. The molecule has 2 heterocycles. The van der Waals surface area contributed by atoms with Crippen molar-refractivity contribution in [3.05, 3.63) is 81.8 Å². The van der Waals surface area contributed by atoms with E-state index in [0.29, 0.717) is 17.7 Å². The van der Waals surface area contributed by atoms with Crippen molar-refractivity contribution in [1.29, 1.82) is 0 Å². The van der Waals surface area contributed by atoms with E-state index in [4.69, 9.17) is 0 Å². The lowest BCUT2D eigenvalue weighted by molar-refractivity contribution is 0.0737. The van der Waals surface area contributed by atoms with Gasteiger partial charge in [0, 0.05) is 17.0 Å². The molecule has 4 rings (SSSR count). The molecule has 5 nitrogen and oxygen atoms in total. The Balaban J connectivity index is 1.65. The van der Waals surface area contributed by atoms with E-state index in [1.165, 1.54) is 30.3 Å². The summed E-state index contributed by atoms with van der Waals surface area (Å²) in [4.78, 5) is 16.2. The number of para-hydroxylation sites is 1. The Bertz CT molecular complexity index is 1180. The quantitative estimate of drug-likeness (QED) is 0.604. The van der Waals surface area contributed by atoms with Crippen LogP contribution in [0.3, 0.4) is 0 Å². The molecule has 1 saturated heterocycles. The van der Waals surface area contributed by atoms with Crippen LogP contribution < -0.4 is 4.72 Å². The third-order valence-corrected chi connectivity index (χ3v) is 7.59. The Morgan fingerprint density at radius 1 is 1.17 bits per heavy atom. The van der Waals surface area contributed by atoms with Gasteiger partial charge in [-0.3, -0.25) is 9.52 Å². The molecule has 0 spiro atoms. The number of hydrogen-bond acceptors (Lipinski definition) is 4. The van der Waals surface area contributed by atoms with Crippen LogP contribution in [0.5, 0.6) is 0 Å². The number of benzene rings is 2. The molecule has 3 aromatic rings. The third kappa shape index (κ3) is 3.97. The van der Waals surface area contributed by atoms with Crippen molar-refractivity contribution < 1.29 is 17.6 Å². The largest absolute Gasteiger partial charge is 0.331 e. The van der Waals surface area contributed by atoms with Crippen LogP contribution in [-0.4, -0.2) is 25.8 Å². The summed E-state index contributed by atoms with van der Waals surface area (Å²) in [5, 5.41) is 1.99. The first-order valence-electron chi connectivity index (χ1n) is 9.59. The van der Waals surface area contributed by atoms with Gasteiger partial charge in [0.15, 0.2) is 0 Å². The number of likely N-dealkylation sites (tertiary alicyclic amines) is 1. The number of hydrogen-bond donors (Lipinski definition) is 1. The second-order valence-electron chi connectivity index (χ2n) is 7.23. The van der Waals surface area contributed by atoms with E-state index in [1.54, 1.807) is 30.4 Å². The number of thiophene rings is 1. The zero-order chi connectivity index (χ0) is 21.3. The van der Waals surface area contributed by atoms with Crippen LogP contribution in [0.2, 0.25) is 0 Å². The zero-order valence-electron chi connectivity index (χ0n) is 16.3. The van der Waals surface area contributed by atoms with E-state index >= 15 is 0 Å². The van der Waals surface area contributed by atoms with Crippen LogP contribution >= 0.6 is 11.3 Å². The predicted molar refractivity (Wildman–Crippen MR) is 116 cm³/mol. The topological polar surface area (TPSA) is 66.5 Å². The maximum Gasteiger partial charge on any atom is 0.262 e. The summed E-state index contributed by atoms with van der Waals surface area (Å²) in [6.45, 7) is 2.41. The van der Waals surface area contributed by atoms with Crippen LogP contribution in [0.4, 0.5) is 10.1 Å². The average Bonchev–Trinajstić information content (AvgIpc) is 3.41. The highest BCUT2D eigenvalue weighted by Crippen LogP contribution is 2.36. The van der Waals surface area contributed by atoms with Crippen LogP contribution in [-0.2, 0) is 10.0 Å². The molecular formula is C22H21FN2O3S2. The van der Waals surface area contributed by atoms with E-state index in [9.17, 15) is 17.6 Å². The van der Waals surface area contributed by atoms with Gasteiger partial charge in [-0.1, -0.05) is 24.3 Å². The Morgan fingerprint density at radius 2 is 1.97 bits per heavy atom. The van der Waals surface area contributed by atoms with Gasteiger partial charge in [0.05, 0.1) is 16.6 Å². The molecule has 1 aliphatic rings. The van der Waals surface area contributed by atoms with Crippen molar-refractivity contribution in [3.8, 4) is 0 Å². The summed E-state index contributed by atoms with van der Waals surface area (Å²) in [6.07, 6.45) is 1.79. The van der Waals surface area contributed by atoms with Gasteiger partial charge in [-0.2, -0.15) is 0 Å². The standard InChI is InChI=1S/C22H21FN2O3S2/c1-15-10-11-16(30(27,28)24-19-7-3-2-6-18(19)23)14-17(15)22(26)25-12-4-8-20(25)21-9-5-13-29-21/h2-3,5-7,9-11,13-14,20,24H,4,8,12H2,1H3/t20-/m1/s1. The van der Waals surface area contributed by atoms with Gasteiger partial charge in [0.2, 0.25) is 0 Å². The molecule has 0 unspecified atom stereocenters. The van der Waals surface area contributed by atoms with Crippen molar-refractivity contribution in [1.82, 2.24) is 4.90 Å². The fraction of sp³-hybridized carbons (Fsp3) is 0.227. The molecule has 2 aromatic carbocycles. The molecule has 1 fully saturated rings. The van der Waals surface area contributed by atoms with Crippen molar-refractivity contribution >= 4 is 33.0 Å². The zero-order valence-corrected chi connectivity index (χ0v) is 18.0. The van der Waals surface area contributed by atoms with Crippen LogP contribution in [0, 0.1) is 12.7 Å². The lowest BCUT2D eigenvalue weighted by atomic mass is 10.1. The number of carbonyl (C=O) groups is 1. The first-order valence-corrected chi connectivity index (χ1v) is 12.0. The average molecular weight is 445 g/mol. The number of anilines is 1. The lowest BCUT2D eigenvalue weighted by Crippen LogP contribution is -2.31. The number of aryl methyl sites for hydroxylation is 1. The number of rotatable bonds is 5. The molecule has 1 amide bonds. The van der Waals surface area contributed by atoms with E-state index in [2.05, 4.69) is 4.72 Å². The molecule has 1 atom stereocenters. The Morgan fingerprint density at radius 3 is 2.70 bits per heavy atom. The number of nitrogens with one attached hydrogen (secondary N) is 1. The van der Waals surface area contributed by atoms with Crippen molar-refractivity contribution in [2.75, 3.05) is 11.3 Å². The Hall–Kier alpha value is -2.71. The molecular weight excluding hydrogens is 423 g/mol. The molecule has 1 aromatic heterocycles. The van der Waals surface area contributed by atoms with Crippen molar-refractivity contribution in [2.45, 2.75) is 30.7 Å². The number of amides is 1. The molecule has 0 saturated carbocycles. The van der Waals surface area contributed by atoms with Gasteiger partial charge >= 0.3 is 0 Å². The first-order chi connectivity index (χ1) is 14.4. The molecule has 0 bridgehead atoms. The van der Waals surface area contributed by atoms with Gasteiger partial charge < -0.3 is 4.90 Å². The van der Waals surface area contributed by atoms with Gasteiger partial charge in [0.1, 0.15) is 5.82 Å². The summed E-state index contributed by atoms with van der Waals surface area (Å²) >= 11 is 1.62. The molecule has 30 heavy (non-hydrogen) atoms. The fourth-order valence-corrected chi connectivity index (χ4v) is 5.65. The van der Waals surface area contributed by atoms with Gasteiger partial charge in [-0.25, -0.2) is 12.8 Å². The lowest BCUT2D eigenvalue weighted by Gasteiger charge is -2.25. The van der Waals surface area contributed by atoms with Crippen molar-refractivity contribution in [2.24, 2.45) is 0 Å². The maximum atomic E-state index is 13.9. The highest BCUT2D eigenvalue weighted by Gasteiger charge is 2.32. The second-order valence-corrected chi connectivity index (χ2v) is 9.90. The minimum Gasteiger partial charge on any atom is -0.331 e. The van der Waals surface area contributed by atoms with Gasteiger partial charge in [0.25, 0.3) is 15.9 Å². The predicted octanol–water partition coefficient (Wildman–Crippen LogP) is 4.97. The molecule has 0 aliphatic carbocycles. The normalized spacial score (nSPS) is 16.6. The molecule has 156 valence electrons. The number of carbonyl (C=O) groups excluding carboxylic acids is 1. The SMILES string of the molecule is Cc1ccc(S(=O)(=O)Nc2ccccc2F)cc1C(=O)N1CCC[C@@H]1c1cccs1. The van der Waals surface area contributed by atoms with E-state index in [0.717, 1.165) is 17.7 Å². The van der Waals surface area contributed by atoms with Crippen molar-refractivity contribution in [3.63, 3.8) is 0 Å². The second kappa shape index (κ2) is 8.20. The number of sulfonamides is 1. The molecule has 1 aliphatic heterocycles. The van der Waals surface area contributed by atoms with E-state index < -0.39 is 15.8 Å². The molecule has 1 N–H and O–H groups in total. The van der Waals surface area contributed by atoms with Gasteiger partial charge in [-0.05, 0) is 61.0 Å².